The SMILES string of the molecule is Cc1ccc(C)c(CC(=O)Cc2sccc2Br)c1. The molecule has 0 atom stereocenters. The van der Waals surface area contributed by atoms with Gasteiger partial charge in [0.15, 0.2) is 0 Å². The van der Waals surface area contributed by atoms with Crippen molar-refractivity contribution in [3.05, 3.63) is 55.7 Å². The number of hydrogen-bond donors (Lipinski definition) is 0. The summed E-state index contributed by atoms with van der Waals surface area (Å²) in [6.07, 6.45) is 1.05. The van der Waals surface area contributed by atoms with Gasteiger partial charge in [0.25, 0.3) is 0 Å². The van der Waals surface area contributed by atoms with Crippen LogP contribution in [-0.2, 0) is 17.6 Å². The van der Waals surface area contributed by atoms with E-state index in [9.17, 15) is 4.79 Å². The van der Waals surface area contributed by atoms with Crippen molar-refractivity contribution in [2.24, 2.45) is 0 Å². The molecule has 0 aliphatic rings. The van der Waals surface area contributed by atoms with Crippen LogP contribution >= 0.6 is 27.3 Å². The summed E-state index contributed by atoms with van der Waals surface area (Å²) in [7, 11) is 0. The smallest absolute Gasteiger partial charge is 0.142 e. The summed E-state index contributed by atoms with van der Waals surface area (Å²) in [4.78, 5) is 13.2. The van der Waals surface area contributed by atoms with Gasteiger partial charge in [-0.3, -0.25) is 4.79 Å². The zero-order valence-electron chi connectivity index (χ0n) is 10.5. The number of carbonyl (C=O) groups is 1. The molecule has 1 heterocycles. The molecule has 0 amide bonds. The molecule has 0 saturated heterocycles. The molecule has 0 spiro atoms. The Kier molecular flexibility index (Phi) is 4.36. The number of benzene rings is 1. The summed E-state index contributed by atoms with van der Waals surface area (Å²) in [6, 6.07) is 8.26. The molecule has 0 bridgehead atoms. The van der Waals surface area contributed by atoms with E-state index in [-0.39, 0.29) is 5.78 Å². The van der Waals surface area contributed by atoms with Crippen molar-refractivity contribution in [1.29, 1.82) is 0 Å². The van der Waals surface area contributed by atoms with E-state index in [1.54, 1.807) is 11.3 Å². The van der Waals surface area contributed by atoms with Crippen LogP contribution in [-0.4, -0.2) is 5.78 Å². The molecule has 0 unspecified atom stereocenters. The lowest BCUT2D eigenvalue weighted by Gasteiger charge is -2.06. The van der Waals surface area contributed by atoms with Crippen LogP contribution in [0, 0.1) is 13.8 Å². The molecule has 0 aliphatic carbocycles. The molecule has 0 N–H and O–H groups in total. The molecule has 1 aromatic carbocycles. The number of carbonyl (C=O) groups excluding carboxylic acids is 1. The van der Waals surface area contributed by atoms with Gasteiger partial charge in [0.05, 0.1) is 0 Å². The van der Waals surface area contributed by atoms with Crippen LogP contribution in [0.25, 0.3) is 0 Å². The van der Waals surface area contributed by atoms with Crippen molar-refractivity contribution >= 4 is 33.0 Å². The average Bonchev–Trinajstić information content (AvgIpc) is 2.70. The minimum atomic E-state index is 0.270. The molecule has 1 nitrogen and oxygen atoms in total. The summed E-state index contributed by atoms with van der Waals surface area (Å²) < 4.78 is 1.04. The van der Waals surface area contributed by atoms with E-state index >= 15 is 0 Å². The maximum absolute atomic E-state index is 12.1. The predicted octanol–water partition coefficient (Wildman–Crippen LogP) is 4.48. The van der Waals surface area contributed by atoms with E-state index in [0.29, 0.717) is 12.8 Å². The number of Topliss-reactive ketones (excluding diaryl/α,β-unsaturated/α-hetero) is 1. The first-order chi connectivity index (χ1) is 8.56. The maximum atomic E-state index is 12.1. The lowest BCUT2D eigenvalue weighted by atomic mass is 9.99. The van der Waals surface area contributed by atoms with Gasteiger partial charge in [0.2, 0.25) is 0 Å². The molecule has 0 fully saturated rings. The van der Waals surface area contributed by atoms with Gasteiger partial charge in [0.1, 0.15) is 5.78 Å². The number of thiophene rings is 1. The van der Waals surface area contributed by atoms with E-state index in [2.05, 4.69) is 48.0 Å². The van der Waals surface area contributed by atoms with Gasteiger partial charge in [-0.1, -0.05) is 23.8 Å². The minimum absolute atomic E-state index is 0.270. The number of hydrogen-bond acceptors (Lipinski definition) is 2. The normalized spacial score (nSPS) is 10.6. The lowest BCUT2D eigenvalue weighted by molar-refractivity contribution is -0.117. The third-order valence-corrected chi connectivity index (χ3v) is 4.87. The van der Waals surface area contributed by atoms with E-state index < -0.39 is 0 Å². The second-order valence-electron chi connectivity index (χ2n) is 4.51. The second-order valence-corrected chi connectivity index (χ2v) is 6.37. The van der Waals surface area contributed by atoms with Crippen LogP contribution in [0.15, 0.2) is 34.1 Å². The first-order valence-corrected chi connectivity index (χ1v) is 7.53. The zero-order chi connectivity index (χ0) is 13.1. The quantitative estimate of drug-likeness (QED) is 0.811. The topological polar surface area (TPSA) is 17.1 Å². The van der Waals surface area contributed by atoms with E-state index in [1.807, 2.05) is 11.4 Å². The Morgan fingerprint density at radius 3 is 2.67 bits per heavy atom. The van der Waals surface area contributed by atoms with E-state index in [1.165, 1.54) is 11.1 Å². The van der Waals surface area contributed by atoms with Crippen molar-refractivity contribution < 1.29 is 4.79 Å². The summed E-state index contributed by atoms with van der Waals surface area (Å²) >= 11 is 5.09. The van der Waals surface area contributed by atoms with Gasteiger partial charge in [-0.2, -0.15) is 0 Å². The van der Waals surface area contributed by atoms with Gasteiger partial charge in [0, 0.05) is 22.2 Å². The molecule has 0 radical (unpaired) electrons. The maximum Gasteiger partial charge on any atom is 0.142 e. The van der Waals surface area contributed by atoms with Crippen LogP contribution in [0.1, 0.15) is 21.6 Å². The van der Waals surface area contributed by atoms with Gasteiger partial charge in [-0.25, -0.2) is 0 Å². The van der Waals surface area contributed by atoms with Crippen LogP contribution < -0.4 is 0 Å². The first-order valence-electron chi connectivity index (χ1n) is 5.86. The Bertz CT molecular complexity index is 572. The molecule has 94 valence electrons. The van der Waals surface area contributed by atoms with Gasteiger partial charge in [-0.15, -0.1) is 11.3 Å². The van der Waals surface area contributed by atoms with Crippen LogP contribution in [0.5, 0.6) is 0 Å². The van der Waals surface area contributed by atoms with Gasteiger partial charge < -0.3 is 0 Å². The van der Waals surface area contributed by atoms with Crippen molar-refractivity contribution in [3.63, 3.8) is 0 Å². The van der Waals surface area contributed by atoms with E-state index in [0.717, 1.165) is 14.9 Å². The standard InChI is InChI=1S/C15H15BrOS/c1-10-3-4-11(2)12(7-10)8-13(17)9-15-14(16)5-6-18-15/h3-7H,8-9H2,1-2H3. The van der Waals surface area contributed by atoms with Crippen molar-refractivity contribution in [1.82, 2.24) is 0 Å². The molecule has 2 aromatic rings. The Labute approximate surface area is 120 Å². The van der Waals surface area contributed by atoms with Crippen molar-refractivity contribution in [3.8, 4) is 0 Å². The Morgan fingerprint density at radius 2 is 2.00 bits per heavy atom. The van der Waals surface area contributed by atoms with Crippen LogP contribution in [0.4, 0.5) is 0 Å². The Hall–Kier alpha value is -0.930. The molecule has 2 rings (SSSR count). The predicted molar refractivity (Wildman–Crippen MR) is 80.4 cm³/mol. The highest BCUT2D eigenvalue weighted by atomic mass is 79.9. The number of rotatable bonds is 4. The average molecular weight is 323 g/mol. The summed E-state index contributed by atoms with van der Waals surface area (Å²) in [5, 5.41) is 2.00. The number of halogens is 1. The van der Waals surface area contributed by atoms with Gasteiger partial charge >= 0.3 is 0 Å². The van der Waals surface area contributed by atoms with Crippen molar-refractivity contribution in [2.75, 3.05) is 0 Å². The largest absolute Gasteiger partial charge is 0.299 e. The molecule has 18 heavy (non-hydrogen) atoms. The molecular formula is C15H15BrOS. The highest BCUT2D eigenvalue weighted by Gasteiger charge is 2.10. The second kappa shape index (κ2) is 5.81. The number of aryl methyl sites for hydroxylation is 2. The van der Waals surface area contributed by atoms with Crippen LogP contribution in [0.3, 0.4) is 0 Å². The molecule has 3 heteroatoms. The highest BCUT2D eigenvalue weighted by molar-refractivity contribution is 9.10. The molecule has 0 aliphatic heterocycles. The Morgan fingerprint density at radius 1 is 1.22 bits per heavy atom. The summed E-state index contributed by atoms with van der Waals surface area (Å²) in [5.41, 5.74) is 3.55. The zero-order valence-corrected chi connectivity index (χ0v) is 12.9. The number of ketones is 1. The first kappa shape index (κ1) is 13.5. The Balaban J connectivity index is 2.08. The fraction of sp³-hybridized carbons (Fsp3) is 0.267. The summed E-state index contributed by atoms with van der Waals surface area (Å²) in [5.74, 6) is 0.270. The van der Waals surface area contributed by atoms with Gasteiger partial charge in [-0.05, 0) is 52.4 Å². The molecular weight excluding hydrogens is 308 g/mol. The fourth-order valence-electron chi connectivity index (χ4n) is 1.90. The third-order valence-electron chi connectivity index (χ3n) is 2.94. The third kappa shape index (κ3) is 3.30. The van der Waals surface area contributed by atoms with Crippen LogP contribution in [0.2, 0.25) is 0 Å². The minimum Gasteiger partial charge on any atom is -0.299 e. The molecule has 0 saturated carbocycles. The molecule has 1 aromatic heterocycles. The lowest BCUT2D eigenvalue weighted by Crippen LogP contribution is -2.07. The van der Waals surface area contributed by atoms with Crippen molar-refractivity contribution in [2.45, 2.75) is 26.7 Å². The van der Waals surface area contributed by atoms with E-state index in [4.69, 9.17) is 0 Å². The highest BCUT2D eigenvalue weighted by Crippen LogP contribution is 2.24. The fourth-order valence-corrected chi connectivity index (χ4v) is 3.42. The summed E-state index contributed by atoms with van der Waals surface area (Å²) in [6.45, 7) is 4.12. The monoisotopic (exact) mass is 322 g/mol.